The Bertz CT molecular complexity index is 128. The molecule has 0 saturated heterocycles. The Morgan fingerprint density at radius 3 is 2.55 bits per heavy atom. The summed E-state index contributed by atoms with van der Waals surface area (Å²) >= 11 is 0. The van der Waals surface area contributed by atoms with Crippen LogP contribution in [-0.2, 0) is 4.79 Å². The molecule has 1 aliphatic rings. The van der Waals surface area contributed by atoms with Crippen LogP contribution in [0.15, 0.2) is 0 Å². The van der Waals surface area contributed by atoms with E-state index in [1.165, 1.54) is 19.3 Å². The van der Waals surface area contributed by atoms with Gasteiger partial charge >= 0.3 is 0 Å². The molecule has 0 spiro atoms. The third-order valence-electron chi connectivity index (χ3n) is 2.41. The molecule has 0 aliphatic heterocycles. The van der Waals surface area contributed by atoms with Crippen LogP contribution in [0.1, 0.15) is 32.1 Å². The van der Waals surface area contributed by atoms with Crippen LogP contribution in [-0.4, -0.2) is 19.4 Å². The maximum Gasteiger partial charge on any atom is 0.149 e. The number of nitrogens with one attached hydrogen (secondary N) is 1. The average molecular weight is 155 g/mol. The van der Waals surface area contributed by atoms with Gasteiger partial charge in [0.2, 0.25) is 0 Å². The van der Waals surface area contributed by atoms with E-state index in [9.17, 15) is 4.79 Å². The van der Waals surface area contributed by atoms with E-state index in [-0.39, 0.29) is 0 Å². The van der Waals surface area contributed by atoms with Crippen LogP contribution in [0.5, 0.6) is 0 Å². The predicted octanol–water partition coefficient (Wildman–Crippen LogP) is 1.36. The standard InChI is InChI=1S/C9H17NO/c1-10-7-9(11)8-5-3-2-4-6-8/h8,10H,2-7H2,1H3. The van der Waals surface area contributed by atoms with Crippen LogP contribution in [0.25, 0.3) is 0 Å². The molecule has 0 atom stereocenters. The van der Waals surface area contributed by atoms with E-state index in [2.05, 4.69) is 5.32 Å². The zero-order valence-electron chi connectivity index (χ0n) is 7.23. The molecule has 1 aliphatic carbocycles. The molecule has 2 heteroatoms. The second-order valence-electron chi connectivity index (χ2n) is 3.33. The van der Waals surface area contributed by atoms with Gasteiger partial charge in [0.15, 0.2) is 0 Å². The fourth-order valence-electron chi connectivity index (χ4n) is 1.74. The van der Waals surface area contributed by atoms with Crippen LogP contribution in [0, 0.1) is 5.92 Å². The summed E-state index contributed by atoms with van der Waals surface area (Å²) in [6.07, 6.45) is 6.07. The number of carbonyl (C=O) groups is 1. The SMILES string of the molecule is CNCC(=O)C1CCCCC1. The first-order valence-corrected chi connectivity index (χ1v) is 4.52. The van der Waals surface area contributed by atoms with Crippen LogP contribution in [0.4, 0.5) is 0 Å². The lowest BCUT2D eigenvalue weighted by molar-refractivity contribution is -0.122. The Labute approximate surface area is 68.4 Å². The molecule has 1 N–H and O–H groups in total. The summed E-state index contributed by atoms with van der Waals surface area (Å²) in [4.78, 5) is 11.3. The van der Waals surface area contributed by atoms with Crippen molar-refractivity contribution < 1.29 is 4.79 Å². The predicted molar refractivity (Wildman–Crippen MR) is 45.5 cm³/mol. The molecule has 1 fully saturated rings. The highest BCUT2D eigenvalue weighted by Crippen LogP contribution is 2.23. The zero-order valence-corrected chi connectivity index (χ0v) is 7.23. The van der Waals surface area contributed by atoms with Gasteiger partial charge in [0.1, 0.15) is 5.78 Å². The van der Waals surface area contributed by atoms with E-state index in [1.54, 1.807) is 0 Å². The fourth-order valence-corrected chi connectivity index (χ4v) is 1.74. The van der Waals surface area contributed by atoms with E-state index in [0.717, 1.165) is 12.8 Å². The molecule has 11 heavy (non-hydrogen) atoms. The van der Waals surface area contributed by atoms with Gasteiger partial charge < -0.3 is 5.32 Å². The number of carbonyl (C=O) groups excluding carboxylic acids is 1. The van der Waals surface area contributed by atoms with Gasteiger partial charge in [-0.05, 0) is 19.9 Å². The van der Waals surface area contributed by atoms with Crippen molar-refractivity contribution in [2.24, 2.45) is 5.92 Å². The van der Waals surface area contributed by atoms with Crippen molar-refractivity contribution >= 4 is 5.78 Å². The van der Waals surface area contributed by atoms with Crippen LogP contribution in [0.3, 0.4) is 0 Å². The lowest BCUT2D eigenvalue weighted by Gasteiger charge is -2.19. The van der Waals surface area contributed by atoms with Crippen molar-refractivity contribution in [3.8, 4) is 0 Å². The molecule has 1 rings (SSSR count). The Morgan fingerprint density at radius 2 is 2.00 bits per heavy atom. The minimum atomic E-state index is 0.371. The summed E-state index contributed by atoms with van der Waals surface area (Å²) in [5.41, 5.74) is 0. The monoisotopic (exact) mass is 155 g/mol. The number of hydrogen-bond donors (Lipinski definition) is 1. The average Bonchev–Trinajstić information content (AvgIpc) is 2.07. The first-order valence-electron chi connectivity index (χ1n) is 4.52. The van der Waals surface area contributed by atoms with Gasteiger partial charge in [-0.3, -0.25) is 4.79 Å². The number of hydrogen-bond acceptors (Lipinski definition) is 2. The number of rotatable bonds is 3. The van der Waals surface area contributed by atoms with Crippen molar-refractivity contribution in [2.45, 2.75) is 32.1 Å². The lowest BCUT2D eigenvalue weighted by atomic mass is 9.86. The van der Waals surface area contributed by atoms with Crippen molar-refractivity contribution in [3.63, 3.8) is 0 Å². The fraction of sp³-hybridized carbons (Fsp3) is 0.889. The minimum absolute atomic E-state index is 0.371. The molecule has 0 unspecified atom stereocenters. The van der Waals surface area contributed by atoms with Crippen LogP contribution >= 0.6 is 0 Å². The van der Waals surface area contributed by atoms with Crippen LogP contribution < -0.4 is 5.32 Å². The first kappa shape index (κ1) is 8.72. The summed E-state index contributed by atoms with van der Waals surface area (Å²) in [5.74, 6) is 0.781. The molecule has 2 nitrogen and oxygen atoms in total. The Morgan fingerprint density at radius 1 is 1.36 bits per heavy atom. The highest BCUT2D eigenvalue weighted by Gasteiger charge is 2.19. The van der Waals surface area contributed by atoms with Crippen molar-refractivity contribution in [2.75, 3.05) is 13.6 Å². The third kappa shape index (κ3) is 2.62. The van der Waals surface area contributed by atoms with E-state index in [4.69, 9.17) is 0 Å². The molecule has 0 amide bonds. The number of ketones is 1. The summed E-state index contributed by atoms with van der Waals surface area (Å²) in [6, 6.07) is 0. The molecule has 0 aromatic carbocycles. The first-order chi connectivity index (χ1) is 5.34. The van der Waals surface area contributed by atoms with Crippen molar-refractivity contribution in [1.82, 2.24) is 5.32 Å². The zero-order chi connectivity index (χ0) is 8.10. The molecular formula is C9H17NO. The molecule has 0 aromatic heterocycles. The molecule has 0 heterocycles. The molecule has 0 bridgehead atoms. The van der Waals surface area contributed by atoms with E-state index in [1.807, 2.05) is 7.05 Å². The Hall–Kier alpha value is -0.370. The summed E-state index contributed by atoms with van der Waals surface area (Å²) in [5, 5.41) is 2.92. The topological polar surface area (TPSA) is 29.1 Å². The summed E-state index contributed by atoms with van der Waals surface area (Å²) in [7, 11) is 1.83. The quantitative estimate of drug-likeness (QED) is 0.666. The van der Waals surface area contributed by atoms with Gasteiger partial charge in [-0.1, -0.05) is 19.3 Å². The molecule has 0 aromatic rings. The van der Waals surface area contributed by atoms with Gasteiger partial charge in [0.25, 0.3) is 0 Å². The largest absolute Gasteiger partial charge is 0.313 e. The van der Waals surface area contributed by atoms with Gasteiger partial charge in [-0.2, -0.15) is 0 Å². The van der Waals surface area contributed by atoms with Crippen molar-refractivity contribution in [3.05, 3.63) is 0 Å². The third-order valence-corrected chi connectivity index (χ3v) is 2.41. The lowest BCUT2D eigenvalue weighted by Crippen LogP contribution is -2.27. The second-order valence-corrected chi connectivity index (χ2v) is 3.33. The minimum Gasteiger partial charge on any atom is -0.313 e. The molecule has 64 valence electrons. The van der Waals surface area contributed by atoms with E-state index in [0.29, 0.717) is 18.2 Å². The molecule has 0 radical (unpaired) electrons. The number of Topliss-reactive ketones (excluding diaryl/α,β-unsaturated/α-hetero) is 1. The summed E-state index contributed by atoms with van der Waals surface area (Å²) in [6.45, 7) is 0.560. The molecule has 1 saturated carbocycles. The Balaban J connectivity index is 2.27. The van der Waals surface area contributed by atoms with E-state index >= 15 is 0 Å². The van der Waals surface area contributed by atoms with E-state index < -0.39 is 0 Å². The second kappa shape index (κ2) is 4.50. The van der Waals surface area contributed by atoms with Gasteiger partial charge in [0, 0.05) is 5.92 Å². The maximum atomic E-state index is 11.3. The van der Waals surface area contributed by atoms with Gasteiger partial charge in [-0.25, -0.2) is 0 Å². The van der Waals surface area contributed by atoms with Gasteiger partial charge in [-0.15, -0.1) is 0 Å². The highest BCUT2D eigenvalue weighted by molar-refractivity contribution is 5.82. The smallest absolute Gasteiger partial charge is 0.149 e. The van der Waals surface area contributed by atoms with Crippen LogP contribution in [0.2, 0.25) is 0 Å². The molecular weight excluding hydrogens is 138 g/mol. The summed E-state index contributed by atoms with van der Waals surface area (Å²) < 4.78 is 0. The van der Waals surface area contributed by atoms with Gasteiger partial charge in [0.05, 0.1) is 6.54 Å². The number of likely N-dealkylation sites (N-methyl/N-ethyl adjacent to an activating group) is 1. The normalized spacial score (nSPS) is 20.1. The Kier molecular flexibility index (Phi) is 3.57. The van der Waals surface area contributed by atoms with Crippen molar-refractivity contribution in [1.29, 1.82) is 0 Å². The maximum absolute atomic E-state index is 11.3. The highest BCUT2D eigenvalue weighted by atomic mass is 16.1.